The first-order valence-electron chi connectivity index (χ1n) is 4.54. The number of hydrogen-bond acceptors (Lipinski definition) is 4. The fraction of sp³-hybridized carbons (Fsp3) is 0. The SMILES string of the molecule is N#Cc1cnc(Oc2ccc(F)cc2F)cn1. The highest BCUT2D eigenvalue weighted by Crippen LogP contribution is 2.22. The molecule has 0 amide bonds. The summed E-state index contributed by atoms with van der Waals surface area (Å²) in [5, 5.41) is 8.50. The van der Waals surface area contributed by atoms with Crippen LogP contribution in [0.25, 0.3) is 0 Å². The fourth-order valence-corrected chi connectivity index (χ4v) is 1.10. The van der Waals surface area contributed by atoms with Gasteiger partial charge in [0.25, 0.3) is 0 Å². The average Bonchev–Trinajstić information content (AvgIpc) is 2.34. The summed E-state index contributed by atoms with van der Waals surface area (Å²) >= 11 is 0. The van der Waals surface area contributed by atoms with Crippen molar-refractivity contribution < 1.29 is 13.5 Å². The van der Waals surface area contributed by atoms with Crippen molar-refractivity contribution in [2.75, 3.05) is 0 Å². The minimum absolute atomic E-state index is 0.0227. The van der Waals surface area contributed by atoms with Crippen molar-refractivity contribution in [2.45, 2.75) is 0 Å². The molecule has 6 heteroatoms. The molecular weight excluding hydrogens is 228 g/mol. The van der Waals surface area contributed by atoms with E-state index in [4.69, 9.17) is 10.00 Å². The Morgan fingerprint density at radius 3 is 2.59 bits per heavy atom. The second-order valence-corrected chi connectivity index (χ2v) is 3.03. The molecule has 1 heterocycles. The lowest BCUT2D eigenvalue weighted by atomic mass is 10.3. The van der Waals surface area contributed by atoms with Gasteiger partial charge in [-0.25, -0.2) is 18.7 Å². The van der Waals surface area contributed by atoms with Crippen LogP contribution in [0.2, 0.25) is 0 Å². The Morgan fingerprint density at radius 1 is 1.18 bits per heavy atom. The Balaban J connectivity index is 2.23. The lowest BCUT2D eigenvalue weighted by molar-refractivity contribution is 0.421. The van der Waals surface area contributed by atoms with Crippen LogP contribution in [-0.4, -0.2) is 9.97 Å². The van der Waals surface area contributed by atoms with E-state index in [2.05, 4.69) is 9.97 Å². The van der Waals surface area contributed by atoms with Crippen molar-refractivity contribution in [1.82, 2.24) is 9.97 Å². The molecule has 0 aliphatic heterocycles. The van der Waals surface area contributed by atoms with Gasteiger partial charge in [0.05, 0.1) is 12.4 Å². The molecule has 0 bridgehead atoms. The van der Waals surface area contributed by atoms with Crippen LogP contribution in [0.15, 0.2) is 30.6 Å². The molecule has 0 saturated heterocycles. The molecule has 0 spiro atoms. The van der Waals surface area contributed by atoms with E-state index in [1.165, 1.54) is 12.4 Å². The van der Waals surface area contributed by atoms with Crippen LogP contribution >= 0.6 is 0 Å². The first kappa shape index (κ1) is 11.0. The van der Waals surface area contributed by atoms with Crippen LogP contribution in [0.4, 0.5) is 8.78 Å². The summed E-state index contributed by atoms with van der Waals surface area (Å²) < 4.78 is 30.9. The number of halogens is 2. The minimum Gasteiger partial charge on any atom is -0.434 e. The zero-order valence-electron chi connectivity index (χ0n) is 8.39. The van der Waals surface area contributed by atoms with Crippen molar-refractivity contribution in [3.05, 3.63) is 47.9 Å². The molecule has 0 N–H and O–H groups in total. The summed E-state index contributed by atoms with van der Waals surface area (Å²) in [4.78, 5) is 7.44. The third kappa shape index (κ3) is 2.52. The van der Waals surface area contributed by atoms with Crippen molar-refractivity contribution in [3.8, 4) is 17.7 Å². The molecule has 1 aromatic heterocycles. The number of rotatable bonds is 2. The Hall–Kier alpha value is -2.55. The molecular formula is C11H5F2N3O. The van der Waals surface area contributed by atoms with Gasteiger partial charge in [0.15, 0.2) is 17.3 Å². The maximum atomic E-state index is 13.2. The van der Waals surface area contributed by atoms with Crippen molar-refractivity contribution in [2.24, 2.45) is 0 Å². The largest absolute Gasteiger partial charge is 0.434 e. The normalized spacial score (nSPS) is 9.71. The van der Waals surface area contributed by atoms with Gasteiger partial charge < -0.3 is 4.74 Å². The number of ether oxygens (including phenoxy) is 1. The summed E-state index contributed by atoms with van der Waals surface area (Å²) in [7, 11) is 0. The Labute approximate surface area is 95.1 Å². The van der Waals surface area contributed by atoms with E-state index < -0.39 is 11.6 Å². The average molecular weight is 233 g/mol. The van der Waals surface area contributed by atoms with Crippen molar-refractivity contribution >= 4 is 0 Å². The summed E-state index contributed by atoms with van der Waals surface area (Å²) in [6, 6.07) is 4.69. The summed E-state index contributed by atoms with van der Waals surface area (Å²) in [5.41, 5.74) is 0.122. The molecule has 2 rings (SSSR count). The highest BCUT2D eigenvalue weighted by atomic mass is 19.1. The molecule has 84 valence electrons. The maximum absolute atomic E-state index is 13.2. The third-order valence-corrected chi connectivity index (χ3v) is 1.85. The van der Waals surface area contributed by atoms with Gasteiger partial charge in [-0.1, -0.05) is 0 Å². The molecule has 0 aliphatic carbocycles. The zero-order chi connectivity index (χ0) is 12.3. The van der Waals surface area contributed by atoms with Gasteiger partial charge in [-0.15, -0.1) is 0 Å². The van der Waals surface area contributed by atoms with E-state index in [1.54, 1.807) is 6.07 Å². The van der Waals surface area contributed by atoms with Gasteiger partial charge in [0.1, 0.15) is 11.9 Å². The van der Waals surface area contributed by atoms with E-state index in [0.29, 0.717) is 6.07 Å². The van der Waals surface area contributed by atoms with Gasteiger partial charge in [-0.2, -0.15) is 5.26 Å². The quantitative estimate of drug-likeness (QED) is 0.799. The monoisotopic (exact) mass is 233 g/mol. The van der Waals surface area contributed by atoms with Crippen LogP contribution in [0.5, 0.6) is 11.6 Å². The topological polar surface area (TPSA) is 58.8 Å². The molecule has 2 aromatic rings. The van der Waals surface area contributed by atoms with Gasteiger partial charge in [0.2, 0.25) is 5.88 Å². The maximum Gasteiger partial charge on any atom is 0.238 e. The Morgan fingerprint density at radius 2 is 2.00 bits per heavy atom. The van der Waals surface area contributed by atoms with Crippen LogP contribution in [0.3, 0.4) is 0 Å². The molecule has 0 unspecified atom stereocenters. The predicted octanol–water partition coefficient (Wildman–Crippen LogP) is 2.42. The van der Waals surface area contributed by atoms with Gasteiger partial charge in [-0.05, 0) is 12.1 Å². The van der Waals surface area contributed by atoms with Crippen molar-refractivity contribution in [3.63, 3.8) is 0 Å². The minimum atomic E-state index is -0.837. The molecule has 4 nitrogen and oxygen atoms in total. The van der Waals surface area contributed by atoms with E-state index in [9.17, 15) is 8.78 Å². The predicted molar refractivity (Wildman–Crippen MR) is 53.2 cm³/mol. The van der Waals surface area contributed by atoms with E-state index in [-0.39, 0.29) is 17.3 Å². The van der Waals surface area contributed by atoms with E-state index in [1.807, 2.05) is 0 Å². The second-order valence-electron chi connectivity index (χ2n) is 3.03. The molecule has 0 radical (unpaired) electrons. The van der Waals surface area contributed by atoms with Gasteiger partial charge >= 0.3 is 0 Å². The number of benzene rings is 1. The zero-order valence-corrected chi connectivity index (χ0v) is 8.39. The lowest BCUT2D eigenvalue weighted by Gasteiger charge is -2.04. The summed E-state index contributed by atoms with van der Waals surface area (Å²) in [5.74, 6) is -1.67. The number of aromatic nitrogens is 2. The third-order valence-electron chi connectivity index (χ3n) is 1.85. The van der Waals surface area contributed by atoms with E-state index >= 15 is 0 Å². The summed E-state index contributed by atoms with van der Waals surface area (Å²) in [6.07, 6.45) is 2.37. The Bertz CT molecular complexity index is 578. The van der Waals surface area contributed by atoms with E-state index in [0.717, 1.165) is 12.1 Å². The molecule has 1 aromatic carbocycles. The molecule has 0 fully saturated rings. The molecule has 17 heavy (non-hydrogen) atoms. The number of nitrogens with zero attached hydrogens (tertiary/aromatic N) is 3. The highest BCUT2D eigenvalue weighted by molar-refractivity contribution is 5.29. The van der Waals surface area contributed by atoms with Crippen LogP contribution in [0.1, 0.15) is 5.69 Å². The number of nitriles is 1. The van der Waals surface area contributed by atoms with Crippen LogP contribution in [-0.2, 0) is 0 Å². The van der Waals surface area contributed by atoms with Crippen LogP contribution < -0.4 is 4.74 Å². The van der Waals surface area contributed by atoms with Crippen molar-refractivity contribution in [1.29, 1.82) is 5.26 Å². The molecule has 0 aliphatic rings. The fourth-order valence-electron chi connectivity index (χ4n) is 1.10. The smallest absolute Gasteiger partial charge is 0.238 e. The highest BCUT2D eigenvalue weighted by Gasteiger charge is 2.07. The first-order chi connectivity index (χ1) is 8.19. The second kappa shape index (κ2) is 4.53. The van der Waals surface area contributed by atoms with Gasteiger partial charge in [0, 0.05) is 6.07 Å². The molecule has 0 saturated carbocycles. The standard InChI is InChI=1S/C11H5F2N3O/c12-7-1-2-10(9(13)3-7)17-11-6-15-8(4-14)5-16-11/h1-3,5-6H. The first-order valence-corrected chi connectivity index (χ1v) is 4.54. The Kier molecular flexibility index (Phi) is 2.92. The van der Waals surface area contributed by atoms with Gasteiger partial charge in [-0.3, -0.25) is 0 Å². The number of hydrogen-bond donors (Lipinski definition) is 0. The summed E-state index contributed by atoms with van der Waals surface area (Å²) in [6.45, 7) is 0. The van der Waals surface area contributed by atoms with Crippen LogP contribution in [0, 0.1) is 23.0 Å². The molecule has 0 atom stereocenters. The lowest BCUT2D eigenvalue weighted by Crippen LogP contribution is -1.93.